The maximum atomic E-state index is 3.90. The largest absolute Gasteiger partial charge is 0.375 e. The summed E-state index contributed by atoms with van der Waals surface area (Å²) >= 11 is 0. The van der Waals surface area contributed by atoms with Crippen LogP contribution in [0.2, 0.25) is 0 Å². The average Bonchev–Trinajstić information content (AvgIpc) is 2.34. The highest BCUT2D eigenvalue weighted by atomic mass is 15.2. The fourth-order valence-corrected chi connectivity index (χ4v) is 1.34. The number of hydrogen-bond acceptors (Lipinski definition) is 2. The summed E-state index contributed by atoms with van der Waals surface area (Å²) in [5.41, 5.74) is 0. The van der Waals surface area contributed by atoms with Crippen LogP contribution in [0.15, 0.2) is 12.4 Å². The van der Waals surface area contributed by atoms with Crippen LogP contribution >= 0.6 is 0 Å². The molecule has 0 aromatic carbocycles. The first-order valence-electron chi connectivity index (χ1n) is 3.85. The monoisotopic (exact) mass is 140 g/mol. The van der Waals surface area contributed by atoms with Gasteiger partial charge in [0.25, 0.3) is 0 Å². The zero-order valence-electron chi connectivity index (χ0n) is 6.85. The van der Waals surface area contributed by atoms with E-state index in [1.807, 2.05) is 7.05 Å². The number of rotatable bonds is 2. The first-order chi connectivity index (χ1) is 4.74. The Hall–Kier alpha value is -0.660. The smallest absolute Gasteiger partial charge is 0.0936 e. The van der Waals surface area contributed by atoms with Crippen molar-refractivity contribution in [2.75, 3.05) is 20.1 Å². The molecule has 0 spiro atoms. The van der Waals surface area contributed by atoms with Crippen molar-refractivity contribution in [2.45, 2.75) is 13.3 Å². The molecule has 0 bridgehead atoms. The van der Waals surface area contributed by atoms with E-state index >= 15 is 0 Å². The van der Waals surface area contributed by atoms with E-state index in [9.17, 15) is 0 Å². The first kappa shape index (κ1) is 7.45. The SMILES string of the molecule is C=C(NC)N1CCC(C)C1. The summed E-state index contributed by atoms with van der Waals surface area (Å²) in [4.78, 5) is 2.30. The minimum atomic E-state index is 0.838. The van der Waals surface area contributed by atoms with Gasteiger partial charge in [0.2, 0.25) is 0 Å². The van der Waals surface area contributed by atoms with Crippen molar-refractivity contribution >= 4 is 0 Å². The van der Waals surface area contributed by atoms with Crippen molar-refractivity contribution in [3.8, 4) is 0 Å². The number of nitrogens with zero attached hydrogens (tertiary/aromatic N) is 1. The van der Waals surface area contributed by atoms with Crippen LogP contribution in [0.1, 0.15) is 13.3 Å². The Balaban J connectivity index is 2.37. The van der Waals surface area contributed by atoms with Gasteiger partial charge in [-0.05, 0) is 12.3 Å². The molecule has 1 heterocycles. The standard InChI is InChI=1S/C8H16N2/c1-7-4-5-10(6-7)8(2)9-3/h7,9H,2,4-6H2,1,3H3. The second-order valence-electron chi connectivity index (χ2n) is 3.04. The molecule has 0 amide bonds. The van der Waals surface area contributed by atoms with Crippen molar-refractivity contribution in [3.05, 3.63) is 12.4 Å². The Morgan fingerprint density at radius 1 is 1.70 bits per heavy atom. The molecule has 1 aliphatic heterocycles. The quantitative estimate of drug-likeness (QED) is 0.616. The van der Waals surface area contributed by atoms with Gasteiger partial charge in [-0.2, -0.15) is 0 Å². The highest BCUT2D eigenvalue weighted by molar-refractivity contribution is 4.93. The average molecular weight is 140 g/mol. The molecule has 58 valence electrons. The van der Waals surface area contributed by atoms with Crippen molar-refractivity contribution < 1.29 is 0 Å². The molecule has 0 aromatic heterocycles. The summed E-state index contributed by atoms with van der Waals surface area (Å²) in [6, 6.07) is 0. The third-order valence-corrected chi connectivity index (χ3v) is 2.09. The molecule has 2 heteroatoms. The van der Waals surface area contributed by atoms with E-state index < -0.39 is 0 Å². The molecule has 1 N–H and O–H groups in total. The maximum Gasteiger partial charge on any atom is 0.0936 e. The molecular weight excluding hydrogens is 124 g/mol. The van der Waals surface area contributed by atoms with Gasteiger partial charge in [-0.1, -0.05) is 13.5 Å². The summed E-state index contributed by atoms with van der Waals surface area (Å²) in [7, 11) is 1.92. The van der Waals surface area contributed by atoms with E-state index in [2.05, 4.69) is 23.7 Å². The van der Waals surface area contributed by atoms with Crippen LogP contribution in [0.4, 0.5) is 0 Å². The Bertz CT molecular complexity index is 131. The zero-order chi connectivity index (χ0) is 7.56. The molecule has 1 aliphatic rings. The Labute approximate surface area is 62.9 Å². The van der Waals surface area contributed by atoms with E-state index in [0.717, 1.165) is 11.7 Å². The number of hydrogen-bond donors (Lipinski definition) is 1. The summed E-state index contributed by atoms with van der Waals surface area (Å²) in [6.45, 7) is 8.52. The van der Waals surface area contributed by atoms with Gasteiger partial charge in [0.15, 0.2) is 0 Å². The molecule has 0 aromatic rings. The third-order valence-electron chi connectivity index (χ3n) is 2.09. The van der Waals surface area contributed by atoms with E-state index in [4.69, 9.17) is 0 Å². The zero-order valence-corrected chi connectivity index (χ0v) is 6.85. The molecule has 0 radical (unpaired) electrons. The van der Waals surface area contributed by atoms with Gasteiger partial charge in [-0.3, -0.25) is 0 Å². The number of nitrogens with one attached hydrogen (secondary N) is 1. The van der Waals surface area contributed by atoms with E-state index in [0.29, 0.717) is 0 Å². The first-order valence-corrected chi connectivity index (χ1v) is 3.85. The predicted octanol–water partition coefficient (Wildman–Crippen LogP) is 1.02. The van der Waals surface area contributed by atoms with E-state index in [1.54, 1.807) is 0 Å². The van der Waals surface area contributed by atoms with Gasteiger partial charge < -0.3 is 10.2 Å². The van der Waals surface area contributed by atoms with Crippen LogP contribution in [-0.4, -0.2) is 25.0 Å². The molecule has 0 saturated carbocycles. The minimum Gasteiger partial charge on any atom is -0.375 e. The second kappa shape index (κ2) is 2.95. The van der Waals surface area contributed by atoms with Gasteiger partial charge in [-0.15, -0.1) is 0 Å². The molecule has 10 heavy (non-hydrogen) atoms. The summed E-state index contributed by atoms with van der Waals surface area (Å²) < 4.78 is 0. The van der Waals surface area contributed by atoms with Crippen LogP contribution in [0.25, 0.3) is 0 Å². The Kier molecular flexibility index (Phi) is 2.20. The Morgan fingerprint density at radius 3 is 2.80 bits per heavy atom. The van der Waals surface area contributed by atoms with Crippen LogP contribution < -0.4 is 5.32 Å². The Morgan fingerprint density at radius 2 is 2.40 bits per heavy atom. The molecule has 1 atom stereocenters. The maximum absolute atomic E-state index is 3.90. The lowest BCUT2D eigenvalue weighted by Crippen LogP contribution is -2.26. The predicted molar refractivity (Wildman–Crippen MR) is 43.6 cm³/mol. The fourth-order valence-electron chi connectivity index (χ4n) is 1.34. The number of likely N-dealkylation sites (tertiary alicyclic amines) is 1. The van der Waals surface area contributed by atoms with Crippen molar-refractivity contribution in [2.24, 2.45) is 5.92 Å². The van der Waals surface area contributed by atoms with Crippen molar-refractivity contribution in [1.29, 1.82) is 0 Å². The topological polar surface area (TPSA) is 15.3 Å². The molecule has 1 saturated heterocycles. The lowest BCUT2D eigenvalue weighted by molar-refractivity contribution is 0.388. The van der Waals surface area contributed by atoms with Gasteiger partial charge in [0, 0.05) is 20.1 Å². The van der Waals surface area contributed by atoms with E-state index in [-0.39, 0.29) is 0 Å². The summed E-state index contributed by atoms with van der Waals surface area (Å²) in [5.74, 6) is 1.90. The van der Waals surface area contributed by atoms with Gasteiger partial charge in [0.1, 0.15) is 0 Å². The lowest BCUT2D eigenvalue weighted by Gasteiger charge is -2.19. The molecule has 1 unspecified atom stereocenters. The fraction of sp³-hybridized carbons (Fsp3) is 0.750. The van der Waals surface area contributed by atoms with Gasteiger partial charge >= 0.3 is 0 Å². The van der Waals surface area contributed by atoms with Crippen LogP contribution in [-0.2, 0) is 0 Å². The lowest BCUT2D eigenvalue weighted by atomic mass is 10.2. The third kappa shape index (κ3) is 1.43. The normalized spacial score (nSPS) is 25.0. The van der Waals surface area contributed by atoms with E-state index in [1.165, 1.54) is 19.5 Å². The van der Waals surface area contributed by atoms with Crippen LogP contribution in [0, 0.1) is 5.92 Å². The van der Waals surface area contributed by atoms with Crippen molar-refractivity contribution in [1.82, 2.24) is 10.2 Å². The highest BCUT2D eigenvalue weighted by Crippen LogP contribution is 2.16. The molecule has 1 rings (SSSR count). The van der Waals surface area contributed by atoms with Gasteiger partial charge in [-0.25, -0.2) is 0 Å². The molecule has 2 nitrogen and oxygen atoms in total. The highest BCUT2D eigenvalue weighted by Gasteiger charge is 2.18. The second-order valence-corrected chi connectivity index (χ2v) is 3.04. The molecule has 0 aliphatic carbocycles. The van der Waals surface area contributed by atoms with Crippen LogP contribution in [0.5, 0.6) is 0 Å². The van der Waals surface area contributed by atoms with Crippen molar-refractivity contribution in [3.63, 3.8) is 0 Å². The summed E-state index contributed by atoms with van der Waals surface area (Å²) in [6.07, 6.45) is 1.31. The molecular formula is C8H16N2. The minimum absolute atomic E-state index is 0.838. The van der Waals surface area contributed by atoms with Crippen LogP contribution in [0.3, 0.4) is 0 Å². The van der Waals surface area contributed by atoms with Gasteiger partial charge in [0.05, 0.1) is 5.82 Å². The molecule has 1 fully saturated rings. The summed E-state index contributed by atoms with van der Waals surface area (Å²) in [5, 5.41) is 3.06.